The molecule has 0 heterocycles. The third-order valence-corrected chi connectivity index (χ3v) is 3.06. The molecule has 0 amide bonds. The fraction of sp³-hybridized carbons (Fsp3) is 0.500. The van der Waals surface area contributed by atoms with Crippen LogP contribution in [0.2, 0.25) is 0 Å². The van der Waals surface area contributed by atoms with Gasteiger partial charge in [-0.25, -0.2) is 4.39 Å². The summed E-state index contributed by atoms with van der Waals surface area (Å²) in [5.41, 5.74) is 7.92. The van der Waals surface area contributed by atoms with Crippen LogP contribution in [0.1, 0.15) is 36.3 Å². The van der Waals surface area contributed by atoms with E-state index in [0.717, 1.165) is 18.4 Å². The predicted molar refractivity (Wildman–Crippen MR) is 55.8 cm³/mol. The van der Waals surface area contributed by atoms with Crippen molar-refractivity contribution in [1.29, 1.82) is 0 Å². The summed E-state index contributed by atoms with van der Waals surface area (Å²) in [6, 6.07) is 8.26. The van der Waals surface area contributed by atoms with E-state index in [1.54, 1.807) is 0 Å². The molecule has 0 aromatic heterocycles. The van der Waals surface area contributed by atoms with Gasteiger partial charge in [-0.2, -0.15) is 0 Å². The third-order valence-electron chi connectivity index (χ3n) is 3.06. The highest BCUT2D eigenvalue weighted by molar-refractivity contribution is 5.26. The highest BCUT2D eigenvalue weighted by atomic mass is 19.1. The van der Waals surface area contributed by atoms with E-state index < -0.39 is 6.17 Å². The number of hydrogen-bond donors (Lipinski definition) is 1. The van der Waals surface area contributed by atoms with Gasteiger partial charge in [-0.3, -0.25) is 0 Å². The maximum atomic E-state index is 13.0. The van der Waals surface area contributed by atoms with Crippen LogP contribution in [-0.2, 0) is 6.54 Å². The Morgan fingerprint density at radius 2 is 1.93 bits per heavy atom. The zero-order valence-corrected chi connectivity index (χ0v) is 8.25. The average Bonchev–Trinajstić information content (AvgIpc) is 2.65. The molecule has 1 saturated carbocycles. The van der Waals surface area contributed by atoms with E-state index in [2.05, 4.69) is 12.1 Å². The van der Waals surface area contributed by atoms with Crippen LogP contribution in [0.5, 0.6) is 0 Å². The summed E-state index contributed by atoms with van der Waals surface area (Å²) in [5.74, 6) is 0.428. The molecular formula is C12H16FN. The van der Waals surface area contributed by atoms with Gasteiger partial charge in [-0.1, -0.05) is 24.3 Å². The van der Waals surface area contributed by atoms with E-state index in [1.165, 1.54) is 5.56 Å². The Kier molecular flexibility index (Phi) is 2.82. The van der Waals surface area contributed by atoms with Crippen LogP contribution in [0.15, 0.2) is 24.3 Å². The van der Waals surface area contributed by atoms with Gasteiger partial charge >= 0.3 is 0 Å². The summed E-state index contributed by atoms with van der Waals surface area (Å²) in [7, 11) is 0. The number of alkyl halides is 1. The van der Waals surface area contributed by atoms with Crippen LogP contribution in [0.4, 0.5) is 4.39 Å². The lowest BCUT2D eigenvalue weighted by Crippen LogP contribution is -1.98. The Morgan fingerprint density at radius 3 is 2.43 bits per heavy atom. The SMILES string of the molecule is NCc1ccc(C2CCC(F)C2)cc1. The molecule has 1 aliphatic carbocycles. The second-order valence-electron chi connectivity index (χ2n) is 4.05. The molecule has 1 aromatic carbocycles. The maximum absolute atomic E-state index is 13.0. The van der Waals surface area contributed by atoms with Gasteiger partial charge in [0.15, 0.2) is 0 Å². The highest BCUT2D eigenvalue weighted by Crippen LogP contribution is 2.35. The van der Waals surface area contributed by atoms with E-state index in [9.17, 15) is 4.39 Å². The van der Waals surface area contributed by atoms with Crippen molar-refractivity contribution < 1.29 is 4.39 Å². The van der Waals surface area contributed by atoms with Gasteiger partial charge in [0.2, 0.25) is 0 Å². The highest BCUT2D eigenvalue weighted by Gasteiger charge is 2.25. The lowest BCUT2D eigenvalue weighted by atomic mass is 9.97. The molecule has 1 aromatic rings. The molecule has 0 radical (unpaired) electrons. The molecule has 76 valence electrons. The van der Waals surface area contributed by atoms with Crippen molar-refractivity contribution >= 4 is 0 Å². The van der Waals surface area contributed by atoms with Crippen molar-refractivity contribution in [2.75, 3.05) is 0 Å². The third kappa shape index (κ3) is 1.95. The quantitative estimate of drug-likeness (QED) is 0.768. The Hall–Kier alpha value is -0.890. The van der Waals surface area contributed by atoms with Gasteiger partial charge in [0.25, 0.3) is 0 Å². The fourth-order valence-corrected chi connectivity index (χ4v) is 2.16. The van der Waals surface area contributed by atoms with Crippen LogP contribution in [0.25, 0.3) is 0 Å². The van der Waals surface area contributed by atoms with Crippen LogP contribution in [0.3, 0.4) is 0 Å². The predicted octanol–water partition coefficient (Wildman–Crippen LogP) is 2.75. The number of nitrogens with two attached hydrogens (primary N) is 1. The maximum Gasteiger partial charge on any atom is 0.101 e. The molecule has 14 heavy (non-hydrogen) atoms. The van der Waals surface area contributed by atoms with Gasteiger partial charge in [-0.05, 0) is 36.3 Å². The second-order valence-corrected chi connectivity index (χ2v) is 4.05. The summed E-state index contributed by atoms with van der Waals surface area (Å²) in [6.07, 6.45) is 1.82. The van der Waals surface area contributed by atoms with E-state index >= 15 is 0 Å². The summed E-state index contributed by atoms with van der Waals surface area (Å²) >= 11 is 0. The molecule has 2 heteroatoms. The molecule has 2 rings (SSSR count). The van der Waals surface area contributed by atoms with Crippen molar-refractivity contribution in [3.8, 4) is 0 Å². The summed E-state index contributed by atoms with van der Waals surface area (Å²) in [4.78, 5) is 0. The summed E-state index contributed by atoms with van der Waals surface area (Å²) < 4.78 is 13.0. The summed E-state index contributed by atoms with van der Waals surface area (Å²) in [5, 5.41) is 0. The molecule has 0 saturated heterocycles. The van der Waals surface area contributed by atoms with Crippen molar-refractivity contribution in [3.63, 3.8) is 0 Å². The molecular weight excluding hydrogens is 177 g/mol. The summed E-state index contributed by atoms with van der Waals surface area (Å²) in [6.45, 7) is 0.580. The van der Waals surface area contributed by atoms with Crippen LogP contribution >= 0.6 is 0 Å². The first-order valence-corrected chi connectivity index (χ1v) is 5.22. The average molecular weight is 193 g/mol. The van der Waals surface area contributed by atoms with Crippen molar-refractivity contribution in [1.82, 2.24) is 0 Å². The molecule has 0 bridgehead atoms. The molecule has 0 aliphatic heterocycles. The minimum absolute atomic E-state index is 0.428. The minimum Gasteiger partial charge on any atom is -0.326 e. The minimum atomic E-state index is -0.589. The Balaban J connectivity index is 2.09. The number of hydrogen-bond acceptors (Lipinski definition) is 1. The molecule has 2 N–H and O–H groups in total. The smallest absolute Gasteiger partial charge is 0.101 e. The van der Waals surface area contributed by atoms with Crippen LogP contribution in [-0.4, -0.2) is 6.17 Å². The van der Waals surface area contributed by atoms with Crippen LogP contribution in [0, 0.1) is 0 Å². The molecule has 2 unspecified atom stereocenters. The first kappa shape index (κ1) is 9.66. The van der Waals surface area contributed by atoms with E-state index in [-0.39, 0.29) is 0 Å². The number of benzene rings is 1. The van der Waals surface area contributed by atoms with Crippen molar-refractivity contribution in [3.05, 3.63) is 35.4 Å². The molecule has 2 atom stereocenters. The van der Waals surface area contributed by atoms with Crippen LogP contribution < -0.4 is 5.73 Å². The lowest BCUT2D eigenvalue weighted by molar-refractivity contribution is 0.339. The zero-order chi connectivity index (χ0) is 9.97. The first-order valence-electron chi connectivity index (χ1n) is 5.22. The van der Waals surface area contributed by atoms with Gasteiger partial charge in [-0.15, -0.1) is 0 Å². The normalized spacial score (nSPS) is 26.7. The lowest BCUT2D eigenvalue weighted by Gasteiger charge is -2.09. The van der Waals surface area contributed by atoms with E-state index in [4.69, 9.17) is 5.73 Å². The Morgan fingerprint density at radius 1 is 1.21 bits per heavy atom. The zero-order valence-electron chi connectivity index (χ0n) is 8.25. The Labute approximate surface area is 84.1 Å². The molecule has 1 nitrogen and oxygen atoms in total. The monoisotopic (exact) mass is 193 g/mol. The molecule has 0 spiro atoms. The number of halogens is 1. The van der Waals surface area contributed by atoms with Gasteiger partial charge in [0, 0.05) is 6.54 Å². The van der Waals surface area contributed by atoms with Crippen molar-refractivity contribution in [2.24, 2.45) is 5.73 Å². The second kappa shape index (κ2) is 4.09. The van der Waals surface area contributed by atoms with E-state index in [1.807, 2.05) is 12.1 Å². The fourth-order valence-electron chi connectivity index (χ4n) is 2.16. The number of rotatable bonds is 2. The molecule has 1 aliphatic rings. The first-order chi connectivity index (χ1) is 6.79. The topological polar surface area (TPSA) is 26.0 Å². The largest absolute Gasteiger partial charge is 0.326 e. The van der Waals surface area contributed by atoms with Gasteiger partial charge < -0.3 is 5.73 Å². The standard InChI is InChI=1S/C12H16FN/c13-12-6-5-11(7-12)10-3-1-9(8-14)2-4-10/h1-4,11-12H,5-8,14H2. The van der Waals surface area contributed by atoms with Gasteiger partial charge in [0.05, 0.1) is 0 Å². The van der Waals surface area contributed by atoms with E-state index in [0.29, 0.717) is 18.9 Å². The molecule has 1 fully saturated rings. The van der Waals surface area contributed by atoms with Crippen molar-refractivity contribution in [2.45, 2.75) is 37.9 Å². The van der Waals surface area contributed by atoms with Gasteiger partial charge in [0.1, 0.15) is 6.17 Å². The Bertz CT molecular complexity index is 294.